The summed E-state index contributed by atoms with van der Waals surface area (Å²) in [6, 6.07) is 10.9. The lowest BCUT2D eigenvalue weighted by Crippen LogP contribution is -1.95. The molecule has 1 aromatic heterocycles. The highest BCUT2D eigenvalue weighted by atomic mass is 16.5. The number of H-pyrrole nitrogens is 1. The van der Waals surface area contributed by atoms with E-state index in [9.17, 15) is 4.79 Å². The monoisotopic (exact) mass is 298 g/mol. The lowest BCUT2D eigenvalue weighted by molar-refractivity contribution is 0.0690. The van der Waals surface area contributed by atoms with Crippen LogP contribution in [0.4, 0.5) is 0 Å². The number of aromatic amines is 1. The predicted molar refractivity (Wildman–Crippen MR) is 81.6 cm³/mol. The Morgan fingerprint density at radius 2 is 1.95 bits per heavy atom. The summed E-state index contributed by atoms with van der Waals surface area (Å²) in [5.74, 6) is 0.315. The van der Waals surface area contributed by atoms with Crippen molar-refractivity contribution >= 4 is 16.7 Å². The summed E-state index contributed by atoms with van der Waals surface area (Å²) >= 11 is 0. The normalized spacial score (nSPS) is 10.6. The van der Waals surface area contributed by atoms with Crippen molar-refractivity contribution < 1.29 is 19.4 Å². The van der Waals surface area contributed by atoms with Gasteiger partial charge in [0.2, 0.25) is 0 Å². The number of carboxylic acids is 1. The fourth-order valence-electron chi connectivity index (χ4n) is 2.47. The molecule has 0 unspecified atom stereocenters. The third kappa shape index (κ3) is 2.14. The standard InChI is InChI=1S/C16H14N2O4/c1-21-14-5-3-4-10-9(14)6-7-11(15(10)22-2)12-8-13(16(19)20)18-17-12/h3-8H,1-2H3,(H,17,18)(H,19,20). The maximum Gasteiger partial charge on any atom is 0.353 e. The molecule has 3 rings (SSSR count). The average molecular weight is 298 g/mol. The van der Waals surface area contributed by atoms with Crippen molar-refractivity contribution in [3.05, 3.63) is 42.1 Å². The van der Waals surface area contributed by atoms with E-state index in [1.165, 1.54) is 6.07 Å². The minimum absolute atomic E-state index is 0.0304. The van der Waals surface area contributed by atoms with Gasteiger partial charge in [0.15, 0.2) is 0 Å². The smallest absolute Gasteiger partial charge is 0.353 e. The molecule has 3 aromatic rings. The first kappa shape index (κ1) is 13.9. The molecule has 112 valence electrons. The molecule has 0 spiro atoms. The molecule has 2 aromatic carbocycles. The highest BCUT2D eigenvalue weighted by molar-refractivity contribution is 5.98. The quantitative estimate of drug-likeness (QED) is 0.773. The van der Waals surface area contributed by atoms with Crippen molar-refractivity contribution in [3.8, 4) is 22.8 Å². The molecule has 6 nitrogen and oxygen atoms in total. The van der Waals surface area contributed by atoms with Crippen LogP contribution in [0.3, 0.4) is 0 Å². The zero-order valence-corrected chi connectivity index (χ0v) is 12.1. The summed E-state index contributed by atoms with van der Waals surface area (Å²) in [4.78, 5) is 11.0. The molecule has 0 aliphatic carbocycles. The van der Waals surface area contributed by atoms with Crippen LogP contribution in [0.1, 0.15) is 10.5 Å². The van der Waals surface area contributed by atoms with E-state index in [1.807, 2.05) is 30.3 Å². The second kappa shape index (κ2) is 5.40. The van der Waals surface area contributed by atoms with Crippen LogP contribution in [0.5, 0.6) is 11.5 Å². The van der Waals surface area contributed by atoms with Crippen LogP contribution in [-0.2, 0) is 0 Å². The minimum Gasteiger partial charge on any atom is -0.496 e. The third-order valence-corrected chi connectivity index (χ3v) is 3.48. The number of carbonyl (C=O) groups is 1. The summed E-state index contributed by atoms with van der Waals surface area (Å²) in [5, 5.41) is 17.3. The number of benzene rings is 2. The summed E-state index contributed by atoms with van der Waals surface area (Å²) in [7, 11) is 3.19. The lowest BCUT2D eigenvalue weighted by Gasteiger charge is -2.12. The molecule has 0 radical (unpaired) electrons. The Kier molecular flexibility index (Phi) is 3.42. The molecule has 6 heteroatoms. The summed E-state index contributed by atoms with van der Waals surface area (Å²) in [6.07, 6.45) is 0. The van der Waals surface area contributed by atoms with Crippen molar-refractivity contribution in [3.63, 3.8) is 0 Å². The Hall–Kier alpha value is -3.02. The van der Waals surface area contributed by atoms with E-state index in [1.54, 1.807) is 14.2 Å². The van der Waals surface area contributed by atoms with Gasteiger partial charge in [0.1, 0.15) is 17.2 Å². The predicted octanol–water partition coefficient (Wildman–Crippen LogP) is 2.95. The van der Waals surface area contributed by atoms with Crippen molar-refractivity contribution in [1.82, 2.24) is 10.2 Å². The van der Waals surface area contributed by atoms with Crippen LogP contribution >= 0.6 is 0 Å². The van der Waals surface area contributed by atoms with E-state index in [2.05, 4.69) is 10.2 Å². The zero-order chi connectivity index (χ0) is 15.7. The van der Waals surface area contributed by atoms with E-state index < -0.39 is 5.97 Å². The molecule has 2 N–H and O–H groups in total. The second-order valence-corrected chi connectivity index (χ2v) is 4.67. The average Bonchev–Trinajstić information content (AvgIpc) is 3.03. The molecule has 0 saturated heterocycles. The van der Waals surface area contributed by atoms with Crippen LogP contribution in [0.15, 0.2) is 36.4 Å². The van der Waals surface area contributed by atoms with Crippen molar-refractivity contribution in [1.29, 1.82) is 0 Å². The van der Waals surface area contributed by atoms with E-state index in [0.29, 0.717) is 17.0 Å². The molecule has 22 heavy (non-hydrogen) atoms. The van der Waals surface area contributed by atoms with E-state index in [0.717, 1.165) is 16.5 Å². The summed E-state index contributed by atoms with van der Waals surface area (Å²) < 4.78 is 10.9. The Labute approximate surface area is 126 Å². The van der Waals surface area contributed by atoms with Gasteiger partial charge in [0, 0.05) is 16.3 Å². The maximum atomic E-state index is 11.0. The minimum atomic E-state index is -1.06. The van der Waals surface area contributed by atoms with Gasteiger partial charge in [-0.25, -0.2) is 4.79 Å². The van der Waals surface area contributed by atoms with Crippen LogP contribution in [0, 0.1) is 0 Å². The highest BCUT2D eigenvalue weighted by Gasteiger charge is 2.16. The molecular weight excluding hydrogens is 284 g/mol. The SMILES string of the molecule is COc1cccc2c(OC)c(-c3cc(C(=O)O)[nH]n3)ccc12. The fourth-order valence-corrected chi connectivity index (χ4v) is 2.47. The molecule has 0 amide bonds. The van der Waals surface area contributed by atoms with E-state index in [4.69, 9.17) is 14.6 Å². The number of methoxy groups -OCH3 is 2. The Morgan fingerprint density at radius 3 is 2.59 bits per heavy atom. The van der Waals surface area contributed by atoms with Crippen LogP contribution in [-0.4, -0.2) is 35.5 Å². The number of aromatic carboxylic acids is 1. The number of hydrogen-bond donors (Lipinski definition) is 2. The number of carboxylic acid groups (broad SMARTS) is 1. The lowest BCUT2D eigenvalue weighted by atomic mass is 10.0. The highest BCUT2D eigenvalue weighted by Crippen LogP contribution is 2.39. The largest absolute Gasteiger partial charge is 0.496 e. The van der Waals surface area contributed by atoms with Gasteiger partial charge in [0.05, 0.1) is 19.9 Å². The number of hydrogen-bond acceptors (Lipinski definition) is 4. The van der Waals surface area contributed by atoms with Gasteiger partial charge >= 0.3 is 5.97 Å². The molecule has 0 fully saturated rings. The van der Waals surface area contributed by atoms with Crippen LogP contribution in [0.2, 0.25) is 0 Å². The van der Waals surface area contributed by atoms with Gasteiger partial charge < -0.3 is 14.6 Å². The molecule has 0 saturated carbocycles. The van der Waals surface area contributed by atoms with Gasteiger partial charge in [-0.05, 0) is 24.3 Å². The van der Waals surface area contributed by atoms with Crippen LogP contribution in [0.25, 0.3) is 22.0 Å². The summed E-state index contributed by atoms with van der Waals surface area (Å²) in [5.41, 5.74) is 1.26. The zero-order valence-electron chi connectivity index (χ0n) is 12.1. The van der Waals surface area contributed by atoms with Gasteiger partial charge in [-0.3, -0.25) is 5.10 Å². The van der Waals surface area contributed by atoms with Crippen molar-refractivity contribution in [2.45, 2.75) is 0 Å². The van der Waals surface area contributed by atoms with E-state index >= 15 is 0 Å². The summed E-state index contributed by atoms with van der Waals surface area (Å²) in [6.45, 7) is 0. The van der Waals surface area contributed by atoms with Gasteiger partial charge in [-0.2, -0.15) is 5.10 Å². The molecule has 0 aliphatic rings. The number of ether oxygens (including phenoxy) is 2. The molecule has 0 atom stereocenters. The molecule has 0 aliphatic heterocycles. The maximum absolute atomic E-state index is 11.0. The van der Waals surface area contributed by atoms with Gasteiger partial charge in [0.25, 0.3) is 0 Å². The first-order valence-electron chi connectivity index (χ1n) is 6.58. The number of rotatable bonds is 4. The topological polar surface area (TPSA) is 84.4 Å². The molecule has 0 bridgehead atoms. The Bertz CT molecular complexity index is 854. The third-order valence-electron chi connectivity index (χ3n) is 3.48. The van der Waals surface area contributed by atoms with Crippen molar-refractivity contribution in [2.75, 3.05) is 14.2 Å². The molecular formula is C16H14N2O4. The number of fused-ring (bicyclic) bond motifs is 1. The van der Waals surface area contributed by atoms with Gasteiger partial charge in [-0.1, -0.05) is 12.1 Å². The number of aromatic nitrogens is 2. The number of nitrogens with one attached hydrogen (secondary N) is 1. The first-order chi connectivity index (χ1) is 10.7. The molecule has 1 heterocycles. The second-order valence-electron chi connectivity index (χ2n) is 4.67. The Balaban J connectivity index is 2.23. The van der Waals surface area contributed by atoms with Crippen LogP contribution < -0.4 is 9.47 Å². The fraction of sp³-hybridized carbons (Fsp3) is 0.125. The Morgan fingerprint density at radius 1 is 1.14 bits per heavy atom. The first-order valence-corrected chi connectivity index (χ1v) is 6.58. The number of nitrogens with zero attached hydrogens (tertiary/aromatic N) is 1. The van der Waals surface area contributed by atoms with Gasteiger partial charge in [-0.15, -0.1) is 0 Å². The van der Waals surface area contributed by atoms with E-state index in [-0.39, 0.29) is 5.69 Å². The van der Waals surface area contributed by atoms with Crippen molar-refractivity contribution in [2.24, 2.45) is 0 Å².